The minimum absolute atomic E-state index is 0.483. The van der Waals surface area contributed by atoms with Gasteiger partial charge in [-0.25, -0.2) is 9.67 Å². The maximum absolute atomic E-state index is 6.13. The number of aryl methyl sites for hydroxylation is 1. The van der Waals surface area contributed by atoms with Gasteiger partial charge in [0.1, 0.15) is 0 Å². The summed E-state index contributed by atoms with van der Waals surface area (Å²) in [4.78, 5) is 4.51. The molecule has 0 amide bonds. The molecule has 2 aromatic rings. The molecule has 3 nitrogen and oxygen atoms in total. The Labute approximate surface area is 110 Å². The predicted octanol–water partition coefficient (Wildman–Crippen LogP) is 3.64. The van der Waals surface area contributed by atoms with Gasteiger partial charge < -0.3 is 0 Å². The molecule has 0 N–H and O–H groups in total. The van der Waals surface area contributed by atoms with E-state index in [1.165, 1.54) is 0 Å². The molecule has 1 heterocycles. The van der Waals surface area contributed by atoms with Crippen molar-refractivity contribution in [1.82, 2.24) is 14.8 Å². The molecule has 0 fully saturated rings. The second-order valence-corrected chi connectivity index (χ2v) is 5.94. The highest BCUT2D eigenvalue weighted by Crippen LogP contribution is 2.28. The van der Waals surface area contributed by atoms with Crippen molar-refractivity contribution in [2.75, 3.05) is 0 Å². The van der Waals surface area contributed by atoms with Gasteiger partial charge in [0.15, 0.2) is 11.0 Å². The molecular weight excluding hydrogens is 254 g/mol. The standard InChI is InChI=1S/C12H14ClN3S/c1-8(2)17-12-14-11(15-16(12)3)9-6-4-5-7-10(9)13/h4-8H,1-3H3. The fourth-order valence-corrected chi connectivity index (χ4v) is 2.41. The second kappa shape index (κ2) is 5.10. The maximum Gasteiger partial charge on any atom is 0.186 e. The number of rotatable bonds is 3. The highest BCUT2D eigenvalue weighted by Gasteiger charge is 2.12. The highest BCUT2D eigenvalue weighted by molar-refractivity contribution is 7.99. The van der Waals surface area contributed by atoms with E-state index in [2.05, 4.69) is 23.9 Å². The van der Waals surface area contributed by atoms with E-state index in [4.69, 9.17) is 11.6 Å². The lowest BCUT2D eigenvalue weighted by Gasteiger charge is -2.01. The fourth-order valence-electron chi connectivity index (χ4n) is 1.44. The van der Waals surface area contributed by atoms with Crippen LogP contribution in [0.5, 0.6) is 0 Å². The third kappa shape index (κ3) is 2.82. The summed E-state index contributed by atoms with van der Waals surface area (Å²) in [7, 11) is 1.90. The molecule has 2 rings (SSSR count). The van der Waals surface area contributed by atoms with Crippen LogP contribution in [0.4, 0.5) is 0 Å². The Balaban J connectivity index is 2.38. The number of hydrogen-bond acceptors (Lipinski definition) is 3. The normalized spacial score (nSPS) is 11.1. The van der Waals surface area contributed by atoms with Crippen molar-refractivity contribution >= 4 is 23.4 Å². The van der Waals surface area contributed by atoms with E-state index < -0.39 is 0 Å². The molecule has 0 aliphatic heterocycles. The van der Waals surface area contributed by atoms with Crippen LogP contribution >= 0.6 is 23.4 Å². The van der Waals surface area contributed by atoms with Gasteiger partial charge >= 0.3 is 0 Å². The van der Waals surface area contributed by atoms with Gasteiger partial charge in [-0.05, 0) is 12.1 Å². The Morgan fingerprint density at radius 3 is 2.65 bits per heavy atom. The molecule has 1 aromatic heterocycles. The molecule has 90 valence electrons. The van der Waals surface area contributed by atoms with Crippen LogP contribution in [0.15, 0.2) is 29.4 Å². The monoisotopic (exact) mass is 267 g/mol. The van der Waals surface area contributed by atoms with Crippen LogP contribution in [0.25, 0.3) is 11.4 Å². The number of aromatic nitrogens is 3. The van der Waals surface area contributed by atoms with Crippen LogP contribution in [0, 0.1) is 0 Å². The molecule has 0 saturated carbocycles. The van der Waals surface area contributed by atoms with Gasteiger partial charge in [0, 0.05) is 17.9 Å². The molecule has 0 saturated heterocycles. The van der Waals surface area contributed by atoms with Crippen LogP contribution in [-0.2, 0) is 7.05 Å². The summed E-state index contributed by atoms with van der Waals surface area (Å²) in [5.41, 5.74) is 0.875. The average molecular weight is 268 g/mol. The molecule has 17 heavy (non-hydrogen) atoms. The summed E-state index contributed by atoms with van der Waals surface area (Å²) in [6, 6.07) is 7.62. The van der Waals surface area contributed by atoms with Crippen LogP contribution in [0.1, 0.15) is 13.8 Å². The van der Waals surface area contributed by atoms with Crippen molar-refractivity contribution in [2.24, 2.45) is 7.05 Å². The number of halogens is 1. The van der Waals surface area contributed by atoms with Crippen LogP contribution < -0.4 is 0 Å². The third-order valence-corrected chi connectivity index (χ3v) is 3.55. The van der Waals surface area contributed by atoms with Crippen LogP contribution in [-0.4, -0.2) is 20.0 Å². The van der Waals surface area contributed by atoms with E-state index in [9.17, 15) is 0 Å². The van der Waals surface area contributed by atoms with Gasteiger partial charge in [-0.1, -0.05) is 49.3 Å². The molecule has 0 radical (unpaired) electrons. The van der Waals surface area contributed by atoms with Crippen LogP contribution in [0.2, 0.25) is 5.02 Å². The molecule has 0 atom stereocenters. The lowest BCUT2D eigenvalue weighted by Crippen LogP contribution is -1.96. The lowest BCUT2D eigenvalue weighted by molar-refractivity contribution is 0.684. The minimum Gasteiger partial charge on any atom is -0.243 e. The smallest absolute Gasteiger partial charge is 0.186 e. The predicted molar refractivity (Wildman–Crippen MR) is 72.4 cm³/mol. The van der Waals surface area contributed by atoms with Crippen molar-refractivity contribution < 1.29 is 0 Å². The Kier molecular flexibility index (Phi) is 3.74. The first kappa shape index (κ1) is 12.5. The summed E-state index contributed by atoms with van der Waals surface area (Å²) in [6.07, 6.45) is 0. The summed E-state index contributed by atoms with van der Waals surface area (Å²) < 4.78 is 1.79. The zero-order valence-corrected chi connectivity index (χ0v) is 11.6. The van der Waals surface area contributed by atoms with Gasteiger partial charge in [0.2, 0.25) is 0 Å². The zero-order chi connectivity index (χ0) is 12.4. The van der Waals surface area contributed by atoms with Gasteiger partial charge in [-0.2, -0.15) is 5.10 Å². The molecule has 0 aliphatic carbocycles. The Hall–Kier alpha value is -1.00. The van der Waals surface area contributed by atoms with Crippen molar-refractivity contribution in [1.29, 1.82) is 0 Å². The van der Waals surface area contributed by atoms with E-state index in [-0.39, 0.29) is 0 Å². The molecule has 0 unspecified atom stereocenters. The van der Waals surface area contributed by atoms with Crippen molar-refractivity contribution in [3.63, 3.8) is 0 Å². The summed E-state index contributed by atoms with van der Waals surface area (Å²) in [6.45, 7) is 4.27. The first-order chi connectivity index (χ1) is 8.08. The molecule has 0 bridgehead atoms. The maximum atomic E-state index is 6.13. The van der Waals surface area contributed by atoms with E-state index in [1.54, 1.807) is 16.4 Å². The Morgan fingerprint density at radius 1 is 1.29 bits per heavy atom. The van der Waals surface area contributed by atoms with Crippen molar-refractivity contribution in [2.45, 2.75) is 24.3 Å². The minimum atomic E-state index is 0.483. The van der Waals surface area contributed by atoms with E-state index in [0.717, 1.165) is 10.7 Å². The lowest BCUT2D eigenvalue weighted by atomic mass is 10.2. The Bertz CT molecular complexity index is 522. The molecule has 0 spiro atoms. The number of nitrogens with zero attached hydrogens (tertiary/aromatic N) is 3. The molecule has 0 aliphatic rings. The van der Waals surface area contributed by atoms with Gasteiger partial charge in [0.05, 0.1) is 5.02 Å². The molecule has 1 aromatic carbocycles. The summed E-state index contributed by atoms with van der Waals surface area (Å²) in [5, 5.41) is 6.47. The zero-order valence-electron chi connectivity index (χ0n) is 10.0. The third-order valence-electron chi connectivity index (χ3n) is 2.18. The molecule has 5 heteroatoms. The largest absolute Gasteiger partial charge is 0.243 e. The number of thioether (sulfide) groups is 1. The van der Waals surface area contributed by atoms with Gasteiger partial charge in [-0.3, -0.25) is 0 Å². The van der Waals surface area contributed by atoms with Crippen molar-refractivity contribution in [3.8, 4) is 11.4 Å². The Morgan fingerprint density at radius 2 is 2.00 bits per heavy atom. The average Bonchev–Trinajstić information content (AvgIpc) is 2.60. The topological polar surface area (TPSA) is 30.7 Å². The summed E-state index contributed by atoms with van der Waals surface area (Å²) >= 11 is 7.82. The van der Waals surface area contributed by atoms with Crippen LogP contribution in [0.3, 0.4) is 0 Å². The number of hydrogen-bond donors (Lipinski definition) is 0. The fraction of sp³-hybridized carbons (Fsp3) is 0.333. The van der Waals surface area contributed by atoms with E-state index >= 15 is 0 Å². The quantitative estimate of drug-likeness (QED) is 0.796. The van der Waals surface area contributed by atoms with Crippen molar-refractivity contribution in [3.05, 3.63) is 29.3 Å². The summed E-state index contributed by atoms with van der Waals surface area (Å²) in [5.74, 6) is 0.682. The highest BCUT2D eigenvalue weighted by atomic mass is 35.5. The molecular formula is C12H14ClN3S. The first-order valence-electron chi connectivity index (χ1n) is 5.40. The van der Waals surface area contributed by atoms with E-state index in [1.807, 2.05) is 31.3 Å². The SMILES string of the molecule is CC(C)Sc1nc(-c2ccccc2Cl)nn1C. The second-order valence-electron chi connectivity index (χ2n) is 3.99. The number of benzene rings is 1. The first-order valence-corrected chi connectivity index (χ1v) is 6.66. The van der Waals surface area contributed by atoms with Gasteiger partial charge in [0.25, 0.3) is 0 Å². The van der Waals surface area contributed by atoms with E-state index in [0.29, 0.717) is 16.1 Å². The van der Waals surface area contributed by atoms with Gasteiger partial charge in [-0.15, -0.1) is 0 Å².